The number of nitrogens with one attached hydrogen (secondary N) is 2. The Balaban J connectivity index is 2.08. The highest BCUT2D eigenvalue weighted by Gasteiger charge is 2.14. The van der Waals surface area contributed by atoms with Crippen LogP contribution < -0.4 is 15.4 Å². The number of methoxy groups -OCH3 is 1. The van der Waals surface area contributed by atoms with Gasteiger partial charge in [-0.2, -0.15) is 0 Å². The molecule has 0 spiro atoms. The molecule has 1 fully saturated rings. The second-order valence-corrected chi connectivity index (χ2v) is 4.36. The predicted octanol–water partition coefficient (Wildman–Crippen LogP) is 2.33. The Morgan fingerprint density at radius 1 is 1.53 bits per heavy atom. The van der Waals surface area contributed by atoms with Crippen LogP contribution in [0.3, 0.4) is 0 Å². The summed E-state index contributed by atoms with van der Waals surface area (Å²) < 4.78 is 17.8. The van der Waals surface area contributed by atoms with Crippen LogP contribution in [-0.4, -0.2) is 26.2 Å². The molecule has 0 saturated carbocycles. The third-order valence-corrected chi connectivity index (χ3v) is 3.08. The molecule has 2 rings (SSSR count). The zero-order valence-electron chi connectivity index (χ0n) is 10.1. The molecule has 1 heterocycles. The largest absolute Gasteiger partial charge is 0.495 e. The maximum absolute atomic E-state index is 12.5. The summed E-state index contributed by atoms with van der Waals surface area (Å²) in [6.07, 6.45) is 2.34. The molecule has 1 aromatic rings. The number of hydrogen-bond donors (Lipinski definition) is 2. The summed E-state index contributed by atoms with van der Waals surface area (Å²) in [5.74, 6) is 0.714. The van der Waals surface area contributed by atoms with Crippen molar-refractivity contribution < 1.29 is 9.13 Å². The van der Waals surface area contributed by atoms with Gasteiger partial charge in [-0.05, 0) is 37.1 Å². The van der Waals surface area contributed by atoms with Crippen molar-refractivity contribution in [1.82, 2.24) is 5.32 Å². The van der Waals surface area contributed by atoms with E-state index in [-0.39, 0.29) is 0 Å². The van der Waals surface area contributed by atoms with E-state index in [4.69, 9.17) is 4.74 Å². The predicted molar refractivity (Wildman–Crippen MR) is 67.3 cm³/mol. The van der Waals surface area contributed by atoms with Gasteiger partial charge in [-0.1, -0.05) is 6.07 Å². The molecule has 17 heavy (non-hydrogen) atoms. The van der Waals surface area contributed by atoms with Gasteiger partial charge >= 0.3 is 0 Å². The quantitative estimate of drug-likeness (QED) is 0.844. The Morgan fingerprint density at radius 3 is 3.06 bits per heavy atom. The number of rotatable bonds is 4. The average molecular weight is 238 g/mol. The molecule has 1 aliphatic rings. The first-order valence-corrected chi connectivity index (χ1v) is 6.03. The van der Waals surface area contributed by atoms with E-state index >= 15 is 0 Å². The van der Waals surface area contributed by atoms with Crippen molar-refractivity contribution in [2.24, 2.45) is 0 Å². The van der Waals surface area contributed by atoms with E-state index < -0.39 is 6.67 Å². The van der Waals surface area contributed by atoms with Crippen molar-refractivity contribution >= 4 is 5.69 Å². The number of anilines is 1. The normalized spacial score (nSPS) is 20.0. The second kappa shape index (κ2) is 5.87. The zero-order chi connectivity index (χ0) is 12.1. The third kappa shape index (κ3) is 3.09. The van der Waals surface area contributed by atoms with Crippen molar-refractivity contribution in [3.8, 4) is 5.75 Å². The maximum atomic E-state index is 12.5. The Morgan fingerprint density at radius 2 is 2.41 bits per heavy atom. The SMILES string of the molecule is COc1cc(CF)ccc1NC1CCCNC1. The summed E-state index contributed by atoms with van der Waals surface area (Å²) >= 11 is 0. The summed E-state index contributed by atoms with van der Waals surface area (Å²) in [7, 11) is 1.61. The van der Waals surface area contributed by atoms with Crippen LogP contribution >= 0.6 is 0 Å². The minimum absolute atomic E-state index is 0.425. The van der Waals surface area contributed by atoms with Crippen LogP contribution in [0.25, 0.3) is 0 Å². The van der Waals surface area contributed by atoms with E-state index in [2.05, 4.69) is 10.6 Å². The fourth-order valence-corrected chi connectivity index (χ4v) is 2.13. The minimum atomic E-state index is -0.457. The molecular formula is C13H19FN2O. The summed E-state index contributed by atoms with van der Waals surface area (Å²) in [5, 5.41) is 6.79. The van der Waals surface area contributed by atoms with Crippen molar-refractivity contribution in [2.45, 2.75) is 25.6 Å². The van der Waals surface area contributed by atoms with Crippen molar-refractivity contribution in [3.63, 3.8) is 0 Å². The Kier molecular flexibility index (Phi) is 4.20. The number of halogens is 1. The molecule has 0 amide bonds. The van der Waals surface area contributed by atoms with Gasteiger partial charge in [-0.3, -0.25) is 0 Å². The van der Waals surface area contributed by atoms with Crippen molar-refractivity contribution in [2.75, 3.05) is 25.5 Å². The molecule has 0 bridgehead atoms. The van der Waals surface area contributed by atoms with Crippen molar-refractivity contribution in [3.05, 3.63) is 23.8 Å². The first-order valence-electron chi connectivity index (χ1n) is 6.03. The van der Waals surface area contributed by atoms with Crippen LogP contribution in [0.4, 0.5) is 10.1 Å². The first kappa shape index (κ1) is 12.2. The topological polar surface area (TPSA) is 33.3 Å². The molecule has 1 unspecified atom stereocenters. The Hall–Kier alpha value is -1.29. The fraction of sp³-hybridized carbons (Fsp3) is 0.538. The molecule has 1 saturated heterocycles. The van der Waals surface area contributed by atoms with Crippen LogP contribution in [0.15, 0.2) is 18.2 Å². The smallest absolute Gasteiger partial charge is 0.142 e. The van der Waals surface area contributed by atoms with Gasteiger partial charge in [0, 0.05) is 12.6 Å². The molecule has 3 nitrogen and oxygen atoms in total. The molecule has 4 heteroatoms. The molecule has 0 aliphatic carbocycles. The minimum Gasteiger partial charge on any atom is -0.495 e. The fourth-order valence-electron chi connectivity index (χ4n) is 2.13. The molecular weight excluding hydrogens is 219 g/mol. The summed E-state index contributed by atoms with van der Waals surface area (Å²) in [6, 6.07) is 5.86. The summed E-state index contributed by atoms with van der Waals surface area (Å²) in [6.45, 7) is 1.60. The molecule has 0 radical (unpaired) electrons. The van der Waals surface area contributed by atoms with Crippen LogP contribution in [0, 0.1) is 0 Å². The van der Waals surface area contributed by atoms with Gasteiger partial charge in [-0.15, -0.1) is 0 Å². The third-order valence-electron chi connectivity index (χ3n) is 3.08. The lowest BCUT2D eigenvalue weighted by atomic mass is 10.1. The van der Waals surface area contributed by atoms with Gasteiger partial charge in [0.25, 0.3) is 0 Å². The van der Waals surface area contributed by atoms with E-state index in [0.29, 0.717) is 17.4 Å². The molecule has 94 valence electrons. The zero-order valence-corrected chi connectivity index (χ0v) is 10.1. The standard InChI is InChI=1S/C13H19FN2O/c1-17-13-7-10(8-14)4-5-12(13)16-11-3-2-6-15-9-11/h4-5,7,11,15-16H,2-3,6,8-9H2,1H3. The second-order valence-electron chi connectivity index (χ2n) is 4.36. The van der Waals surface area contributed by atoms with E-state index in [9.17, 15) is 4.39 Å². The number of piperidine rings is 1. The number of benzene rings is 1. The van der Waals surface area contributed by atoms with Crippen LogP contribution in [-0.2, 0) is 6.67 Å². The first-order chi connectivity index (χ1) is 8.33. The van der Waals surface area contributed by atoms with Gasteiger partial charge in [-0.25, -0.2) is 4.39 Å². The summed E-state index contributed by atoms with van der Waals surface area (Å²) in [4.78, 5) is 0. The van der Waals surface area contributed by atoms with Gasteiger partial charge in [0.1, 0.15) is 12.4 Å². The summed E-state index contributed by atoms with van der Waals surface area (Å²) in [5.41, 5.74) is 1.59. The van der Waals surface area contributed by atoms with E-state index in [0.717, 1.165) is 25.2 Å². The van der Waals surface area contributed by atoms with E-state index in [1.165, 1.54) is 6.42 Å². The number of ether oxygens (including phenoxy) is 1. The molecule has 1 atom stereocenters. The highest BCUT2D eigenvalue weighted by molar-refractivity contribution is 5.58. The van der Waals surface area contributed by atoms with Gasteiger partial charge in [0.05, 0.1) is 12.8 Å². The Labute approximate surface area is 101 Å². The lowest BCUT2D eigenvalue weighted by Gasteiger charge is -2.25. The highest BCUT2D eigenvalue weighted by atomic mass is 19.1. The molecule has 1 aliphatic heterocycles. The van der Waals surface area contributed by atoms with Crippen molar-refractivity contribution in [1.29, 1.82) is 0 Å². The molecule has 0 aromatic heterocycles. The number of hydrogen-bond acceptors (Lipinski definition) is 3. The van der Waals surface area contributed by atoms with Gasteiger partial charge in [0.2, 0.25) is 0 Å². The van der Waals surface area contributed by atoms with E-state index in [1.54, 1.807) is 19.2 Å². The highest BCUT2D eigenvalue weighted by Crippen LogP contribution is 2.27. The molecule has 2 N–H and O–H groups in total. The monoisotopic (exact) mass is 238 g/mol. The van der Waals surface area contributed by atoms with Crippen LogP contribution in [0.2, 0.25) is 0 Å². The van der Waals surface area contributed by atoms with E-state index in [1.807, 2.05) is 6.07 Å². The lowest BCUT2D eigenvalue weighted by Crippen LogP contribution is -2.38. The van der Waals surface area contributed by atoms with Gasteiger partial charge < -0.3 is 15.4 Å². The lowest BCUT2D eigenvalue weighted by molar-refractivity contribution is 0.411. The average Bonchev–Trinajstić information content (AvgIpc) is 2.40. The molecule has 1 aromatic carbocycles. The van der Waals surface area contributed by atoms with Crippen LogP contribution in [0.5, 0.6) is 5.75 Å². The maximum Gasteiger partial charge on any atom is 0.142 e. The number of alkyl halides is 1. The van der Waals surface area contributed by atoms with Gasteiger partial charge in [0.15, 0.2) is 0 Å². The Bertz CT molecular complexity index is 364. The van der Waals surface area contributed by atoms with Crippen LogP contribution in [0.1, 0.15) is 18.4 Å².